The van der Waals surface area contributed by atoms with E-state index in [1.165, 1.54) is 0 Å². The van der Waals surface area contributed by atoms with Crippen molar-refractivity contribution in [2.24, 2.45) is 0 Å². The van der Waals surface area contributed by atoms with Crippen LogP contribution in [-0.2, 0) is 9.53 Å². The second-order valence-corrected chi connectivity index (χ2v) is 5.36. The van der Waals surface area contributed by atoms with Gasteiger partial charge in [0.25, 0.3) is 0 Å². The van der Waals surface area contributed by atoms with Crippen LogP contribution in [0.15, 0.2) is 54.6 Å². The van der Waals surface area contributed by atoms with E-state index >= 15 is 0 Å². The third-order valence-electron chi connectivity index (χ3n) is 3.54. The predicted octanol–water partition coefficient (Wildman–Crippen LogP) is 4.00. The lowest BCUT2D eigenvalue weighted by molar-refractivity contribution is -0.116. The molecule has 4 heteroatoms. The summed E-state index contributed by atoms with van der Waals surface area (Å²) in [5, 5.41) is 2.85. The molecule has 0 saturated heterocycles. The van der Waals surface area contributed by atoms with Gasteiger partial charge in [-0.3, -0.25) is 4.79 Å². The zero-order chi connectivity index (χ0) is 16.7. The monoisotopic (exact) mass is 311 g/mol. The van der Waals surface area contributed by atoms with Crippen molar-refractivity contribution in [3.05, 3.63) is 65.7 Å². The first-order valence-corrected chi connectivity index (χ1v) is 7.72. The molecule has 1 N–H and O–H groups in total. The summed E-state index contributed by atoms with van der Waals surface area (Å²) >= 11 is 0. The van der Waals surface area contributed by atoms with Crippen LogP contribution < -0.4 is 5.32 Å². The molecule has 0 aliphatic rings. The summed E-state index contributed by atoms with van der Waals surface area (Å²) < 4.78 is 4.92. The van der Waals surface area contributed by atoms with Gasteiger partial charge < -0.3 is 10.1 Å². The largest absolute Gasteiger partial charge is 0.462 e. The Hall–Kier alpha value is -2.62. The summed E-state index contributed by atoms with van der Waals surface area (Å²) in [6.45, 7) is 4.13. The Balaban J connectivity index is 1.91. The molecule has 1 amide bonds. The lowest BCUT2D eigenvalue weighted by Gasteiger charge is -2.12. The van der Waals surface area contributed by atoms with Crippen LogP contribution in [-0.4, -0.2) is 18.5 Å². The molecule has 0 aliphatic carbocycles. The Morgan fingerprint density at radius 2 is 1.70 bits per heavy atom. The minimum atomic E-state index is -0.358. The highest BCUT2D eigenvalue weighted by molar-refractivity contribution is 5.93. The maximum absolute atomic E-state index is 12.1. The topological polar surface area (TPSA) is 55.4 Å². The highest BCUT2D eigenvalue weighted by atomic mass is 16.5. The molecule has 0 bridgehead atoms. The van der Waals surface area contributed by atoms with Crippen LogP contribution in [0.3, 0.4) is 0 Å². The first-order valence-electron chi connectivity index (χ1n) is 7.72. The minimum absolute atomic E-state index is 0.0507. The summed E-state index contributed by atoms with van der Waals surface area (Å²) in [4.78, 5) is 23.7. The van der Waals surface area contributed by atoms with Crippen LogP contribution in [0, 0.1) is 0 Å². The molecule has 2 rings (SSSR count). The summed E-state index contributed by atoms with van der Waals surface area (Å²) in [6, 6.07) is 16.6. The van der Waals surface area contributed by atoms with Gasteiger partial charge in [0.2, 0.25) is 5.91 Å². The fourth-order valence-corrected chi connectivity index (χ4v) is 2.29. The molecule has 0 spiro atoms. The van der Waals surface area contributed by atoms with Crippen LogP contribution in [0.25, 0.3) is 0 Å². The summed E-state index contributed by atoms with van der Waals surface area (Å²) in [5.41, 5.74) is 2.28. The van der Waals surface area contributed by atoms with E-state index in [4.69, 9.17) is 4.74 Å². The predicted molar refractivity (Wildman–Crippen MR) is 90.5 cm³/mol. The molecular formula is C19H21NO3. The number of carbonyl (C=O) groups excluding carboxylic acids is 2. The molecule has 0 unspecified atom stereocenters. The lowest BCUT2D eigenvalue weighted by atomic mass is 9.97. The van der Waals surface area contributed by atoms with Crippen molar-refractivity contribution in [3.63, 3.8) is 0 Å². The first kappa shape index (κ1) is 16.7. The van der Waals surface area contributed by atoms with Gasteiger partial charge in [-0.2, -0.15) is 0 Å². The maximum Gasteiger partial charge on any atom is 0.338 e. The molecule has 0 saturated carbocycles. The second kappa shape index (κ2) is 8.13. The molecule has 2 aromatic rings. The molecule has 0 heterocycles. The van der Waals surface area contributed by atoms with Gasteiger partial charge in [0, 0.05) is 12.1 Å². The summed E-state index contributed by atoms with van der Waals surface area (Å²) in [5.74, 6) is -0.261. The number of ether oxygens (including phenoxy) is 1. The van der Waals surface area contributed by atoms with Gasteiger partial charge in [-0.25, -0.2) is 4.79 Å². The average Bonchev–Trinajstić information content (AvgIpc) is 2.56. The molecule has 0 radical (unpaired) electrons. The van der Waals surface area contributed by atoms with E-state index in [1.54, 1.807) is 31.2 Å². The molecule has 0 aromatic heterocycles. The number of hydrogen-bond donors (Lipinski definition) is 1. The van der Waals surface area contributed by atoms with Crippen LogP contribution in [0.5, 0.6) is 0 Å². The minimum Gasteiger partial charge on any atom is -0.462 e. The highest BCUT2D eigenvalue weighted by Gasteiger charge is 2.12. The van der Waals surface area contributed by atoms with Crippen LogP contribution in [0.1, 0.15) is 42.1 Å². The van der Waals surface area contributed by atoms with Gasteiger partial charge in [0.15, 0.2) is 0 Å². The van der Waals surface area contributed by atoms with Crippen molar-refractivity contribution in [2.45, 2.75) is 26.2 Å². The van der Waals surface area contributed by atoms with Crippen molar-refractivity contribution >= 4 is 17.6 Å². The third kappa shape index (κ3) is 4.95. The third-order valence-corrected chi connectivity index (χ3v) is 3.54. The zero-order valence-electron chi connectivity index (χ0n) is 13.4. The molecule has 2 aromatic carbocycles. The number of rotatable bonds is 6. The van der Waals surface area contributed by atoms with Crippen molar-refractivity contribution in [3.8, 4) is 0 Å². The average molecular weight is 311 g/mol. The quantitative estimate of drug-likeness (QED) is 0.821. The number of carbonyl (C=O) groups is 2. The van der Waals surface area contributed by atoms with Gasteiger partial charge in [0.1, 0.15) is 0 Å². The van der Waals surface area contributed by atoms with Gasteiger partial charge in [-0.1, -0.05) is 37.3 Å². The fraction of sp³-hybridized carbons (Fsp3) is 0.263. The van der Waals surface area contributed by atoms with E-state index in [2.05, 4.69) is 5.32 Å². The van der Waals surface area contributed by atoms with Crippen molar-refractivity contribution in [1.29, 1.82) is 0 Å². The second-order valence-electron chi connectivity index (χ2n) is 5.36. The number of nitrogens with one attached hydrogen (secondary N) is 1. The number of esters is 1. The van der Waals surface area contributed by atoms with E-state index < -0.39 is 0 Å². The number of amides is 1. The Labute approximate surface area is 136 Å². The van der Waals surface area contributed by atoms with Crippen LogP contribution >= 0.6 is 0 Å². The van der Waals surface area contributed by atoms with E-state index in [0.29, 0.717) is 24.3 Å². The van der Waals surface area contributed by atoms with Crippen molar-refractivity contribution in [2.75, 3.05) is 11.9 Å². The Bertz CT molecular complexity index is 650. The van der Waals surface area contributed by atoms with Gasteiger partial charge in [0.05, 0.1) is 12.2 Å². The molecular weight excluding hydrogens is 290 g/mol. The summed E-state index contributed by atoms with van der Waals surface area (Å²) in [7, 11) is 0. The van der Waals surface area contributed by atoms with Gasteiger partial charge >= 0.3 is 5.97 Å². The molecule has 120 valence electrons. The number of benzene rings is 2. The Morgan fingerprint density at radius 3 is 2.30 bits per heavy atom. The van der Waals surface area contributed by atoms with Gasteiger partial charge in [-0.05, 0) is 42.7 Å². The zero-order valence-corrected chi connectivity index (χ0v) is 13.4. The SMILES string of the molecule is CCOC(=O)c1ccc(NC(=O)C[C@@H](C)c2ccccc2)cc1. The van der Waals surface area contributed by atoms with E-state index in [1.807, 2.05) is 37.3 Å². The fourth-order valence-electron chi connectivity index (χ4n) is 2.29. The molecule has 0 fully saturated rings. The normalized spacial score (nSPS) is 11.6. The number of hydrogen-bond acceptors (Lipinski definition) is 3. The summed E-state index contributed by atoms with van der Waals surface area (Å²) in [6.07, 6.45) is 0.406. The van der Waals surface area contributed by atoms with E-state index in [0.717, 1.165) is 5.56 Å². The molecule has 4 nitrogen and oxygen atoms in total. The van der Waals surface area contributed by atoms with E-state index in [-0.39, 0.29) is 17.8 Å². The first-order chi connectivity index (χ1) is 11.1. The van der Waals surface area contributed by atoms with Gasteiger partial charge in [-0.15, -0.1) is 0 Å². The van der Waals surface area contributed by atoms with Crippen LogP contribution in [0.2, 0.25) is 0 Å². The highest BCUT2D eigenvalue weighted by Crippen LogP contribution is 2.19. The van der Waals surface area contributed by atoms with Crippen molar-refractivity contribution in [1.82, 2.24) is 0 Å². The Morgan fingerprint density at radius 1 is 1.04 bits per heavy atom. The Kier molecular flexibility index (Phi) is 5.92. The molecule has 0 aliphatic heterocycles. The van der Waals surface area contributed by atoms with Crippen molar-refractivity contribution < 1.29 is 14.3 Å². The standard InChI is InChI=1S/C19H21NO3/c1-3-23-19(22)16-9-11-17(12-10-16)20-18(21)13-14(2)15-7-5-4-6-8-15/h4-12,14H,3,13H2,1-2H3,(H,20,21)/t14-/m1/s1. The maximum atomic E-state index is 12.1. The lowest BCUT2D eigenvalue weighted by Crippen LogP contribution is -2.14. The number of anilines is 1. The smallest absolute Gasteiger partial charge is 0.338 e. The molecule has 23 heavy (non-hydrogen) atoms. The van der Waals surface area contributed by atoms with Crippen LogP contribution in [0.4, 0.5) is 5.69 Å². The van der Waals surface area contributed by atoms with E-state index in [9.17, 15) is 9.59 Å². The molecule has 1 atom stereocenters.